The predicted molar refractivity (Wildman–Crippen MR) is 76.5 cm³/mol. The molecule has 21 heavy (non-hydrogen) atoms. The number of carboxylic acid groups (broad SMARTS) is 1. The Morgan fingerprint density at radius 1 is 1.29 bits per heavy atom. The van der Waals surface area contributed by atoms with E-state index in [4.69, 9.17) is 5.11 Å². The highest BCUT2D eigenvalue weighted by Crippen LogP contribution is 2.39. The van der Waals surface area contributed by atoms with Gasteiger partial charge < -0.3 is 15.3 Å². The highest BCUT2D eigenvalue weighted by atomic mass is 16.4. The number of rotatable bonds is 5. The first-order chi connectivity index (χ1) is 9.90. The largest absolute Gasteiger partial charge is 0.481 e. The minimum absolute atomic E-state index is 0.0655. The quantitative estimate of drug-likeness (QED) is 0.856. The lowest BCUT2D eigenvalue weighted by molar-refractivity contribution is -0.139. The number of nitrogens with zero attached hydrogens (tertiary/aromatic N) is 1. The number of para-hydroxylation sites is 1. The molecule has 0 bridgehead atoms. The van der Waals surface area contributed by atoms with Crippen molar-refractivity contribution in [2.24, 2.45) is 11.8 Å². The molecular weight excluding hydrogens is 272 g/mol. The van der Waals surface area contributed by atoms with E-state index in [0.717, 1.165) is 5.56 Å². The van der Waals surface area contributed by atoms with Crippen LogP contribution in [0.1, 0.15) is 18.9 Å². The van der Waals surface area contributed by atoms with Gasteiger partial charge >= 0.3 is 5.97 Å². The molecule has 0 radical (unpaired) electrons. The molecule has 0 spiro atoms. The molecule has 112 valence electrons. The Hall–Kier alpha value is -2.37. The van der Waals surface area contributed by atoms with Gasteiger partial charge in [-0.3, -0.25) is 14.4 Å². The first kappa shape index (κ1) is 15.0. The molecule has 0 saturated heterocycles. The average Bonchev–Trinajstić information content (AvgIpc) is 3.21. The van der Waals surface area contributed by atoms with Crippen LogP contribution in [0, 0.1) is 11.8 Å². The van der Waals surface area contributed by atoms with Gasteiger partial charge in [0, 0.05) is 26.2 Å². The van der Waals surface area contributed by atoms with Gasteiger partial charge in [-0.05, 0) is 18.1 Å². The van der Waals surface area contributed by atoms with E-state index < -0.39 is 17.8 Å². The van der Waals surface area contributed by atoms with Gasteiger partial charge in [0.1, 0.15) is 0 Å². The number of hydrogen-bond donors (Lipinski definition) is 2. The van der Waals surface area contributed by atoms with Crippen LogP contribution in [0.25, 0.3) is 0 Å². The summed E-state index contributed by atoms with van der Waals surface area (Å²) in [5.41, 5.74) is 1.43. The Balaban J connectivity index is 2.05. The van der Waals surface area contributed by atoms with E-state index in [0.29, 0.717) is 18.7 Å². The van der Waals surface area contributed by atoms with Crippen LogP contribution in [0.4, 0.5) is 5.69 Å². The van der Waals surface area contributed by atoms with Gasteiger partial charge in [-0.2, -0.15) is 0 Å². The molecule has 1 aromatic rings. The third-order valence-electron chi connectivity index (χ3n) is 3.66. The topological polar surface area (TPSA) is 86.7 Å². The second-order valence-corrected chi connectivity index (χ2v) is 5.31. The maximum absolute atomic E-state index is 12.0. The van der Waals surface area contributed by atoms with Crippen LogP contribution in [0.15, 0.2) is 24.3 Å². The van der Waals surface area contributed by atoms with Crippen LogP contribution in [-0.2, 0) is 20.9 Å². The number of carbonyl (C=O) groups is 3. The van der Waals surface area contributed by atoms with Crippen molar-refractivity contribution in [3.63, 3.8) is 0 Å². The van der Waals surface area contributed by atoms with E-state index in [1.165, 1.54) is 6.92 Å². The lowest BCUT2D eigenvalue weighted by atomic mass is 10.1. The van der Waals surface area contributed by atoms with Crippen molar-refractivity contribution in [1.82, 2.24) is 4.90 Å². The monoisotopic (exact) mass is 290 g/mol. The van der Waals surface area contributed by atoms with E-state index in [1.54, 1.807) is 24.1 Å². The second kappa shape index (κ2) is 5.95. The maximum Gasteiger partial charge on any atom is 0.307 e. The molecule has 0 aliphatic heterocycles. The molecular formula is C15H18N2O4. The smallest absolute Gasteiger partial charge is 0.307 e. The van der Waals surface area contributed by atoms with Crippen molar-refractivity contribution in [2.75, 3.05) is 12.4 Å². The molecule has 1 aromatic carbocycles. The van der Waals surface area contributed by atoms with Crippen LogP contribution in [-0.4, -0.2) is 34.8 Å². The van der Waals surface area contributed by atoms with Crippen molar-refractivity contribution in [3.8, 4) is 0 Å². The molecule has 0 heterocycles. The van der Waals surface area contributed by atoms with Crippen molar-refractivity contribution in [1.29, 1.82) is 0 Å². The lowest BCUT2D eigenvalue weighted by Crippen LogP contribution is -2.24. The summed E-state index contributed by atoms with van der Waals surface area (Å²) in [6.45, 7) is 1.86. The molecule has 2 N–H and O–H groups in total. The summed E-state index contributed by atoms with van der Waals surface area (Å²) in [5, 5.41) is 11.6. The van der Waals surface area contributed by atoms with Crippen molar-refractivity contribution in [2.45, 2.75) is 19.9 Å². The summed E-state index contributed by atoms with van der Waals surface area (Å²) < 4.78 is 0. The zero-order valence-electron chi connectivity index (χ0n) is 12.0. The minimum atomic E-state index is -0.931. The molecule has 2 amide bonds. The number of amides is 2. The van der Waals surface area contributed by atoms with Gasteiger partial charge in [0.2, 0.25) is 11.8 Å². The number of aliphatic carboxylic acids is 1. The van der Waals surface area contributed by atoms with E-state index in [9.17, 15) is 14.4 Å². The van der Waals surface area contributed by atoms with Gasteiger partial charge in [0.05, 0.1) is 11.8 Å². The second-order valence-electron chi connectivity index (χ2n) is 5.31. The van der Waals surface area contributed by atoms with E-state index in [-0.39, 0.29) is 11.8 Å². The molecule has 1 aliphatic rings. The first-order valence-electron chi connectivity index (χ1n) is 6.73. The molecule has 0 aromatic heterocycles. The Morgan fingerprint density at radius 2 is 1.95 bits per heavy atom. The molecule has 1 fully saturated rings. The van der Waals surface area contributed by atoms with E-state index in [1.807, 2.05) is 12.1 Å². The summed E-state index contributed by atoms with van der Waals surface area (Å²) in [5.74, 6) is -2.30. The fourth-order valence-electron chi connectivity index (χ4n) is 2.13. The Labute approximate surface area is 122 Å². The van der Waals surface area contributed by atoms with Gasteiger partial charge in [-0.1, -0.05) is 18.2 Å². The Morgan fingerprint density at radius 3 is 2.52 bits per heavy atom. The van der Waals surface area contributed by atoms with Gasteiger partial charge in [-0.15, -0.1) is 0 Å². The van der Waals surface area contributed by atoms with Crippen molar-refractivity contribution < 1.29 is 19.5 Å². The van der Waals surface area contributed by atoms with Crippen LogP contribution in [0.5, 0.6) is 0 Å². The maximum atomic E-state index is 12.0. The highest BCUT2D eigenvalue weighted by Gasteiger charge is 2.48. The average molecular weight is 290 g/mol. The van der Waals surface area contributed by atoms with Gasteiger partial charge in [-0.25, -0.2) is 0 Å². The number of carboxylic acids is 1. The molecule has 2 rings (SSSR count). The fraction of sp³-hybridized carbons (Fsp3) is 0.400. The summed E-state index contributed by atoms with van der Waals surface area (Å²) in [7, 11) is 1.68. The van der Waals surface area contributed by atoms with Gasteiger partial charge in [0.25, 0.3) is 0 Å². The van der Waals surface area contributed by atoms with Crippen LogP contribution in [0.2, 0.25) is 0 Å². The van der Waals surface area contributed by atoms with E-state index in [2.05, 4.69) is 5.32 Å². The fourth-order valence-corrected chi connectivity index (χ4v) is 2.13. The Bertz CT molecular complexity index is 585. The first-order valence-corrected chi connectivity index (χ1v) is 6.73. The zero-order chi connectivity index (χ0) is 15.6. The molecule has 0 unspecified atom stereocenters. The third kappa shape index (κ3) is 3.59. The number of carbonyl (C=O) groups excluding carboxylic acids is 2. The number of nitrogens with one attached hydrogen (secondary N) is 1. The third-order valence-corrected chi connectivity index (χ3v) is 3.66. The molecule has 6 nitrogen and oxygen atoms in total. The zero-order valence-corrected chi connectivity index (χ0v) is 12.0. The summed E-state index contributed by atoms with van der Waals surface area (Å²) >= 11 is 0. The normalized spacial score (nSPS) is 19.7. The molecule has 1 aliphatic carbocycles. The molecule has 1 saturated carbocycles. The van der Waals surface area contributed by atoms with E-state index >= 15 is 0 Å². The van der Waals surface area contributed by atoms with Crippen LogP contribution in [0.3, 0.4) is 0 Å². The van der Waals surface area contributed by atoms with Crippen molar-refractivity contribution >= 4 is 23.5 Å². The number of benzene rings is 1. The SMILES string of the molecule is CC(=O)N(C)Cc1ccccc1NC(=O)[C@@H]1C[C@@H]1C(=O)O. The Kier molecular flexibility index (Phi) is 4.26. The summed E-state index contributed by atoms with van der Waals surface area (Å²) in [4.78, 5) is 35.6. The predicted octanol–water partition coefficient (Wildman–Crippen LogP) is 1.32. The van der Waals surface area contributed by atoms with Crippen LogP contribution < -0.4 is 5.32 Å². The highest BCUT2D eigenvalue weighted by molar-refractivity contribution is 5.98. The van der Waals surface area contributed by atoms with Gasteiger partial charge in [0.15, 0.2) is 0 Å². The molecule has 6 heteroatoms. The van der Waals surface area contributed by atoms with Crippen LogP contribution >= 0.6 is 0 Å². The minimum Gasteiger partial charge on any atom is -0.481 e. The summed E-state index contributed by atoms with van der Waals surface area (Å²) in [6.07, 6.45) is 0.386. The standard InChI is InChI=1S/C15H18N2O4/c1-9(18)17(2)8-10-5-3-4-6-13(10)16-14(19)11-7-12(11)15(20)21/h3-6,11-12H,7-8H2,1-2H3,(H,16,19)(H,20,21)/t11-,12+/m1/s1. The number of hydrogen-bond acceptors (Lipinski definition) is 3. The summed E-state index contributed by atoms with van der Waals surface area (Å²) in [6, 6.07) is 7.20. The number of anilines is 1. The van der Waals surface area contributed by atoms with Crippen molar-refractivity contribution in [3.05, 3.63) is 29.8 Å². The lowest BCUT2D eigenvalue weighted by Gasteiger charge is -2.17. The molecule has 2 atom stereocenters.